The second-order valence-electron chi connectivity index (χ2n) is 4.60. The van der Waals surface area contributed by atoms with E-state index in [-0.39, 0.29) is 5.04 Å². The first kappa shape index (κ1) is 11.2. The standard InChI is InChI=1S/C10H17ClPSi/c1-10(2,3)13(11,12)9-7-5-4-6-8-9/h4-8,13H,12H2,1-3H3/q-1. The van der Waals surface area contributed by atoms with Gasteiger partial charge in [-0.3, -0.25) is 0 Å². The van der Waals surface area contributed by atoms with Crippen LogP contribution in [0.2, 0.25) is 5.04 Å². The fraction of sp³-hybridized carbons (Fsp3) is 0.400. The molecule has 0 spiro atoms. The van der Waals surface area contributed by atoms with Crippen molar-refractivity contribution in [3.05, 3.63) is 30.3 Å². The van der Waals surface area contributed by atoms with Crippen molar-refractivity contribution >= 4 is 32.1 Å². The van der Waals surface area contributed by atoms with E-state index in [2.05, 4.69) is 53.8 Å². The van der Waals surface area contributed by atoms with Gasteiger partial charge in [0.15, 0.2) is 0 Å². The number of hydrogen-bond donors (Lipinski definition) is 0. The van der Waals surface area contributed by atoms with E-state index in [1.807, 2.05) is 6.07 Å². The Morgan fingerprint density at radius 3 is 2.00 bits per heavy atom. The van der Waals surface area contributed by atoms with Crippen molar-refractivity contribution < 1.29 is 0 Å². The summed E-state index contributed by atoms with van der Waals surface area (Å²) in [5.74, 6) is 0. The number of rotatable bonds is 1. The third-order valence-corrected chi connectivity index (χ3v) is 13.3. The summed E-state index contributed by atoms with van der Waals surface area (Å²) in [6.07, 6.45) is 0. The molecule has 0 fully saturated rings. The maximum absolute atomic E-state index is 6.67. The van der Waals surface area contributed by atoms with Gasteiger partial charge < -0.3 is 0 Å². The Bertz CT molecular complexity index is 277. The van der Waals surface area contributed by atoms with E-state index in [0.29, 0.717) is 0 Å². The van der Waals surface area contributed by atoms with Gasteiger partial charge >= 0.3 is 88.2 Å². The van der Waals surface area contributed by atoms with E-state index >= 15 is 0 Å². The van der Waals surface area contributed by atoms with E-state index in [9.17, 15) is 0 Å². The molecule has 0 aliphatic heterocycles. The Balaban J connectivity index is 3.08. The first-order valence-corrected chi connectivity index (χ1v) is 10.1. The normalized spacial score (nSPS) is 14.2. The maximum atomic E-state index is 6.67. The van der Waals surface area contributed by atoms with Crippen LogP contribution < -0.4 is 5.19 Å². The molecule has 1 rings (SSSR count). The van der Waals surface area contributed by atoms with Crippen LogP contribution in [-0.4, -0.2) is 7.05 Å². The Labute approximate surface area is 88.5 Å². The molecule has 0 aliphatic carbocycles. The van der Waals surface area contributed by atoms with Crippen LogP contribution in [0.3, 0.4) is 0 Å². The summed E-state index contributed by atoms with van der Waals surface area (Å²) in [5, 5.41) is 1.51. The van der Waals surface area contributed by atoms with Crippen LogP contribution in [0, 0.1) is 0 Å². The van der Waals surface area contributed by atoms with Crippen molar-refractivity contribution in [2.45, 2.75) is 25.8 Å². The third kappa shape index (κ3) is 2.34. The van der Waals surface area contributed by atoms with Crippen LogP contribution in [0.1, 0.15) is 20.8 Å². The molecular formula is C10H17ClPSi-. The van der Waals surface area contributed by atoms with Crippen LogP contribution in [0.15, 0.2) is 30.3 Å². The van der Waals surface area contributed by atoms with Gasteiger partial charge in [-0.1, -0.05) is 0 Å². The molecule has 3 heteroatoms. The Morgan fingerprint density at radius 2 is 1.62 bits per heavy atom. The van der Waals surface area contributed by atoms with Gasteiger partial charge in [-0.05, 0) is 0 Å². The van der Waals surface area contributed by atoms with E-state index in [0.717, 1.165) is 0 Å². The van der Waals surface area contributed by atoms with Crippen LogP contribution in [-0.2, 0) is 0 Å². The molecule has 0 bridgehead atoms. The van der Waals surface area contributed by atoms with Crippen molar-refractivity contribution in [2.75, 3.05) is 0 Å². The predicted molar refractivity (Wildman–Crippen MR) is 68.5 cm³/mol. The quantitative estimate of drug-likeness (QED) is 0.396. The van der Waals surface area contributed by atoms with Crippen molar-refractivity contribution in [1.29, 1.82) is 0 Å². The van der Waals surface area contributed by atoms with Crippen molar-refractivity contribution in [1.82, 2.24) is 0 Å². The fourth-order valence-corrected chi connectivity index (χ4v) is 4.12. The molecule has 0 saturated heterocycles. The van der Waals surface area contributed by atoms with E-state index in [1.54, 1.807) is 0 Å². The summed E-state index contributed by atoms with van der Waals surface area (Å²) < 4.78 is 0. The zero-order chi connectivity index (χ0) is 10.1. The van der Waals surface area contributed by atoms with Gasteiger partial charge in [0, 0.05) is 0 Å². The summed E-state index contributed by atoms with van der Waals surface area (Å²) >= 11 is 6.67. The molecule has 1 aromatic rings. The van der Waals surface area contributed by atoms with Gasteiger partial charge in [0.2, 0.25) is 0 Å². The molecule has 0 radical (unpaired) electrons. The molecule has 1 unspecified atom stereocenters. The van der Waals surface area contributed by atoms with Crippen molar-refractivity contribution in [3.8, 4) is 0 Å². The third-order valence-electron chi connectivity index (χ3n) is 2.55. The minimum atomic E-state index is -2.19. The Morgan fingerprint density at radius 1 is 1.15 bits per heavy atom. The summed E-state index contributed by atoms with van der Waals surface area (Å²) in [7, 11) is 0.713. The molecule has 0 aliphatic rings. The number of hydrogen-bond acceptors (Lipinski definition) is 0. The SMILES string of the molecule is CC(C)(C)[SiH-](P)(Cl)c1ccccc1. The minimum absolute atomic E-state index is 0.195. The first-order chi connectivity index (χ1) is 5.86. The molecule has 74 valence electrons. The van der Waals surface area contributed by atoms with Crippen molar-refractivity contribution in [3.63, 3.8) is 0 Å². The summed E-state index contributed by atoms with van der Waals surface area (Å²) in [4.78, 5) is 0. The van der Waals surface area contributed by atoms with Gasteiger partial charge in [0.05, 0.1) is 0 Å². The van der Waals surface area contributed by atoms with Crippen LogP contribution >= 0.6 is 19.9 Å². The van der Waals surface area contributed by atoms with Gasteiger partial charge in [-0.2, -0.15) is 0 Å². The van der Waals surface area contributed by atoms with Gasteiger partial charge in [0.1, 0.15) is 0 Å². The monoisotopic (exact) mass is 231 g/mol. The average molecular weight is 232 g/mol. The number of benzene rings is 1. The van der Waals surface area contributed by atoms with Crippen LogP contribution in [0.25, 0.3) is 0 Å². The molecule has 1 atom stereocenters. The van der Waals surface area contributed by atoms with E-state index < -0.39 is 7.05 Å². The number of halogens is 1. The first-order valence-electron chi connectivity index (χ1n) is 4.54. The molecule has 0 heterocycles. The molecule has 13 heavy (non-hydrogen) atoms. The second kappa shape index (κ2) is 3.72. The summed E-state index contributed by atoms with van der Waals surface area (Å²) in [5.41, 5.74) is 0. The molecule has 0 aromatic heterocycles. The van der Waals surface area contributed by atoms with Gasteiger partial charge in [-0.25, -0.2) is 0 Å². The van der Waals surface area contributed by atoms with Crippen LogP contribution in [0.5, 0.6) is 0 Å². The average Bonchev–Trinajstić information content (AvgIpc) is 2.04. The second-order valence-corrected chi connectivity index (χ2v) is 15.0. The molecular weight excluding hydrogens is 215 g/mol. The molecule has 0 saturated carbocycles. The van der Waals surface area contributed by atoms with Crippen molar-refractivity contribution in [2.24, 2.45) is 0 Å². The Hall–Kier alpha value is 0.157. The van der Waals surface area contributed by atoms with E-state index in [4.69, 9.17) is 11.1 Å². The summed E-state index contributed by atoms with van der Waals surface area (Å²) in [6.45, 7) is 6.64. The summed E-state index contributed by atoms with van der Waals surface area (Å²) in [6, 6.07) is 10.4. The van der Waals surface area contributed by atoms with Gasteiger partial charge in [0.25, 0.3) is 0 Å². The fourth-order valence-electron chi connectivity index (χ4n) is 1.23. The van der Waals surface area contributed by atoms with Gasteiger partial charge in [-0.15, -0.1) is 0 Å². The van der Waals surface area contributed by atoms with Crippen LogP contribution in [0.4, 0.5) is 0 Å². The van der Waals surface area contributed by atoms with E-state index in [1.165, 1.54) is 5.19 Å². The molecule has 1 aromatic carbocycles. The molecule has 0 nitrogen and oxygen atoms in total. The molecule has 0 amide bonds. The predicted octanol–water partition coefficient (Wildman–Crippen LogP) is 2.98. The zero-order valence-corrected chi connectivity index (χ0v) is 11.5. The zero-order valence-electron chi connectivity index (χ0n) is 8.42. The Kier molecular flexibility index (Phi) is 3.22. The molecule has 0 N–H and O–H groups in total. The topological polar surface area (TPSA) is 0 Å².